The third-order valence-electron chi connectivity index (χ3n) is 9.56. The van der Waals surface area contributed by atoms with Crippen molar-refractivity contribution in [3.63, 3.8) is 0 Å². The molecule has 0 spiro atoms. The summed E-state index contributed by atoms with van der Waals surface area (Å²) >= 11 is 0. The Morgan fingerprint density at radius 3 is 0.986 bits per heavy atom. The zero-order valence-corrected chi connectivity index (χ0v) is 37.4. The van der Waals surface area contributed by atoms with Gasteiger partial charge in [-0.1, -0.05) is 81.9 Å². The van der Waals surface area contributed by atoms with Gasteiger partial charge in [-0.2, -0.15) is 79.0 Å². The maximum Gasteiger partial charge on any atom is 0.416 e. The number of aryl methyl sites for hydroxylation is 2. The molecule has 73 heavy (non-hydrogen) atoms. The van der Waals surface area contributed by atoms with Crippen molar-refractivity contribution in [3.8, 4) is 0 Å². The van der Waals surface area contributed by atoms with Crippen molar-refractivity contribution in [2.45, 2.75) is 96.9 Å². The topological polar surface area (TPSA) is 84.9 Å². The maximum absolute atomic E-state index is 13.4. The monoisotopic (exact) mass is 1060 g/mol. The zero-order valence-electron chi connectivity index (χ0n) is 37.4. The zero-order chi connectivity index (χ0) is 53.8. The fourth-order valence-corrected chi connectivity index (χ4v) is 6.06. The number of anilines is 1. The average Bonchev–Trinajstić information content (AvgIpc) is 3.27. The number of rotatable bonds is 12. The van der Waals surface area contributed by atoms with E-state index in [0.717, 1.165) is 5.56 Å². The fourth-order valence-electron chi connectivity index (χ4n) is 6.06. The van der Waals surface area contributed by atoms with Crippen molar-refractivity contribution >= 4 is 48.5 Å². The molecule has 0 unspecified atom stereocenters. The molecule has 3 radical (unpaired) electrons. The summed E-state index contributed by atoms with van der Waals surface area (Å²) in [6.07, 6.45) is -29.3. The van der Waals surface area contributed by atoms with Crippen LogP contribution in [0.4, 0.5) is 96.1 Å². The van der Waals surface area contributed by atoms with Crippen LogP contribution < -0.4 is 5.73 Å². The first-order valence-corrected chi connectivity index (χ1v) is 20.5. The number of ketones is 2. The highest BCUT2D eigenvalue weighted by Gasteiger charge is 2.39. The quantitative estimate of drug-likeness (QED) is 0.0444. The first-order chi connectivity index (χ1) is 32.6. The largest absolute Gasteiger partial charge is 0.416 e. The highest BCUT2D eigenvalue weighted by atomic mass is 19.4. The van der Waals surface area contributed by atoms with Crippen LogP contribution in [0.25, 0.3) is 0 Å². The number of alkyl halides is 18. The third-order valence-corrected chi connectivity index (χ3v) is 9.56. The molecule has 0 aliphatic carbocycles. The summed E-state index contributed by atoms with van der Waals surface area (Å²) in [5.41, 5.74) is -5.28. The highest BCUT2D eigenvalue weighted by Crippen LogP contribution is 2.41. The third kappa shape index (κ3) is 21.2. The second-order valence-corrected chi connectivity index (χ2v) is 15.0. The lowest BCUT2D eigenvalue weighted by molar-refractivity contribution is -0.144. The van der Waals surface area contributed by atoms with Crippen LogP contribution in [-0.2, 0) is 59.5 Å². The van der Waals surface area contributed by atoms with Crippen molar-refractivity contribution in [1.29, 1.82) is 0 Å². The Labute approximate surface area is 408 Å². The van der Waals surface area contributed by atoms with Gasteiger partial charge in [0.15, 0.2) is 11.6 Å². The standard InChI is InChI=1S/C28H20F12N2.C12H14O2.C8H5F6N.CH4.B/c1-2-23(41-21-12-17(25(29,30)31)10-18(13-21)26(32,33)34)24(9-8-16-6-4-3-5-7-16)42-22-14-19(27(35,36)37)11-20(15-22)28(38,39)40;1-2-11(13)12(14)9-8-10-6-4-3-5-7-10;9-7(10,11)4-1-5(8(12,13)14)3-6(15)2-4;;/h3-7,10-15H,2,8-9H2,1H3;3-7H,2,8-9H2,1H3;1-3H,15H2;1H4;. The number of Topliss-reactive ketones (excluding diaryl/α,β-unsaturated/α-hetero) is 2. The normalized spacial score (nSPS) is 12.5. The van der Waals surface area contributed by atoms with Crippen molar-refractivity contribution in [1.82, 2.24) is 0 Å². The van der Waals surface area contributed by atoms with Gasteiger partial charge in [0, 0.05) is 26.9 Å². The van der Waals surface area contributed by atoms with Gasteiger partial charge in [0.25, 0.3) is 0 Å². The number of hydrogen-bond acceptors (Lipinski definition) is 5. The van der Waals surface area contributed by atoms with Crippen molar-refractivity contribution in [3.05, 3.63) is 160 Å². The van der Waals surface area contributed by atoms with Gasteiger partial charge in [0.05, 0.1) is 56.2 Å². The van der Waals surface area contributed by atoms with E-state index in [1.807, 2.05) is 30.3 Å². The summed E-state index contributed by atoms with van der Waals surface area (Å²) in [6, 6.07) is 20.2. The van der Waals surface area contributed by atoms with Gasteiger partial charge >= 0.3 is 37.1 Å². The van der Waals surface area contributed by atoms with Crippen LogP contribution in [0.15, 0.2) is 125 Å². The smallest absolute Gasteiger partial charge is 0.399 e. The lowest BCUT2D eigenvalue weighted by Gasteiger charge is -2.15. The minimum Gasteiger partial charge on any atom is -0.399 e. The molecule has 5 aromatic carbocycles. The van der Waals surface area contributed by atoms with Gasteiger partial charge in [-0.25, -0.2) is 0 Å². The van der Waals surface area contributed by atoms with E-state index in [4.69, 9.17) is 5.73 Å². The number of nitrogens with zero attached hydrogens (tertiary/aromatic N) is 2. The molecule has 0 fully saturated rings. The molecular weight excluding hydrogens is 1020 g/mol. The molecule has 0 heterocycles. The van der Waals surface area contributed by atoms with Crippen LogP contribution in [0.3, 0.4) is 0 Å². The van der Waals surface area contributed by atoms with Crippen LogP contribution in [0.2, 0.25) is 0 Å². The van der Waals surface area contributed by atoms with Gasteiger partial charge in [0.2, 0.25) is 0 Å². The SMILES string of the molecule is C.CCC(=Nc1cc(C(F)(F)F)cc(C(F)(F)F)c1)C(CCc1ccccc1)=Nc1cc(C(F)(F)F)cc(C(F)(F)F)c1.CCC(=O)C(=O)CCc1ccccc1.Nc1cc(C(F)(F)F)cc(C(F)(F)F)c1.[B]. The Morgan fingerprint density at radius 2 is 0.699 bits per heavy atom. The second-order valence-electron chi connectivity index (χ2n) is 15.0. The summed E-state index contributed by atoms with van der Waals surface area (Å²) in [4.78, 5) is 30.1. The number of carbonyl (C=O) groups is 2. The Balaban J connectivity index is 0.000000699. The highest BCUT2D eigenvalue weighted by molar-refractivity contribution is 6.43. The number of nitrogens with two attached hydrogens (primary N) is 1. The molecule has 2 N–H and O–H groups in total. The van der Waals surface area contributed by atoms with Crippen LogP contribution in [-0.4, -0.2) is 31.4 Å². The van der Waals surface area contributed by atoms with Crippen molar-refractivity contribution in [2.24, 2.45) is 9.98 Å². The molecule has 0 saturated heterocycles. The summed E-state index contributed by atoms with van der Waals surface area (Å²) in [5.74, 6) is -0.516. The van der Waals surface area contributed by atoms with E-state index >= 15 is 0 Å². The first kappa shape index (κ1) is 64.4. The van der Waals surface area contributed by atoms with Crippen LogP contribution in [0.5, 0.6) is 0 Å². The first-order valence-electron chi connectivity index (χ1n) is 20.5. The summed E-state index contributed by atoms with van der Waals surface area (Å²) < 4.78 is 233. The van der Waals surface area contributed by atoms with Gasteiger partial charge in [-0.05, 0) is 91.4 Å². The van der Waals surface area contributed by atoms with Crippen LogP contribution in [0, 0.1) is 0 Å². The van der Waals surface area contributed by atoms with E-state index in [1.54, 1.807) is 37.3 Å². The Hall–Kier alpha value is -6.62. The number of aliphatic imine (C=N–C) groups is 2. The lowest BCUT2D eigenvalue weighted by Crippen LogP contribution is -2.15. The van der Waals surface area contributed by atoms with Crippen LogP contribution in [0.1, 0.15) is 91.5 Å². The molecule has 0 aliphatic rings. The predicted octanol–water partition coefficient (Wildman–Crippen LogP) is 16.4. The molecule has 0 amide bonds. The summed E-state index contributed by atoms with van der Waals surface area (Å²) in [6.45, 7) is 3.12. The number of benzene rings is 5. The fraction of sp³-hybridized carbons (Fsp3) is 0.306. The van der Waals surface area contributed by atoms with E-state index in [0.29, 0.717) is 61.2 Å². The Morgan fingerprint density at radius 1 is 0.411 bits per heavy atom. The molecule has 0 atom stereocenters. The molecule has 0 aliphatic heterocycles. The summed E-state index contributed by atoms with van der Waals surface area (Å²) in [5, 5.41) is 0. The van der Waals surface area contributed by atoms with E-state index in [-0.39, 0.29) is 76.3 Å². The molecule has 0 saturated carbocycles. The molecular formula is C49H43BF18N3O2. The minimum atomic E-state index is -5.18. The predicted molar refractivity (Wildman–Crippen MR) is 241 cm³/mol. The number of halogens is 18. The van der Waals surface area contributed by atoms with Crippen molar-refractivity contribution < 1.29 is 88.6 Å². The van der Waals surface area contributed by atoms with E-state index in [9.17, 15) is 88.6 Å². The van der Waals surface area contributed by atoms with Gasteiger partial charge in [0.1, 0.15) is 0 Å². The van der Waals surface area contributed by atoms with E-state index in [2.05, 4.69) is 9.98 Å². The lowest BCUT2D eigenvalue weighted by atomic mass is 10.0. The van der Waals surface area contributed by atoms with Gasteiger partial charge in [-0.3, -0.25) is 19.6 Å². The number of nitrogen functional groups attached to an aromatic ring is 1. The number of carbonyl (C=O) groups excluding carboxylic acids is 2. The molecule has 0 bridgehead atoms. The Kier molecular flexibility index (Phi) is 23.3. The number of hydrogen-bond donors (Lipinski definition) is 1. The molecule has 24 heteroatoms. The second kappa shape index (κ2) is 26.4. The van der Waals surface area contributed by atoms with Crippen molar-refractivity contribution in [2.75, 3.05) is 5.73 Å². The van der Waals surface area contributed by atoms with E-state index in [1.165, 1.54) is 6.92 Å². The summed E-state index contributed by atoms with van der Waals surface area (Å²) in [7, 11) is 0. The molecule has 5 nitrogen and oxygen atoms in total. The Bertz CT molecular complexity index is 2540. The molecule has 395 valence electrons. The van der Waals surface area contributed by atoms with E-state index < -0.39 is 87.5 Å². The molecule has 5 rings (SSSR count). The van der Waals surface area contributed by atoms with Crippen LogP contribution >= 0.6 is 0 Å². The minimum absolute atomic E-state index is 0. The molecule has 0 aromatic heterocycles. The van der Waals surface area contributed by atoms with Gasteiger partial charge in [-0.15, -0.1) is 0 Å². The van der Waals surface area contributed by atoms with Gasteiger partial charge < -0.3 is 5.73 Å². The molecule has 5 aromatic rings. The maximum atomic E-state index is 13.4. The average molecular weight is 1060 g/mol.